The monoisotopic (exact) mass is 286 g/mol. The van der Waals surface area contributed by atoms with Crippen molar-refractivity contribution in [2.75, 3.05) is 13.2 Å². The lowest BCUT2D eigenvalue weighted by Crippen LogP contribution is -2.41. The van der Waals surface area contributed by atoms with Crippen LogP contribution in [0.1, 0.15) is 38.2 Å². The van der Waals surface area contributed by atoms with E-state index in [1.54, 1.807) is 0 Å². The Labute approximate surface area is 114 Å². The Bertz CT molecular complexity index is 437. The molecular formula is C12H22N2O4Si. The maximum Gasteiger partial charge on any atom is 0.287 e. The Kier molecular flexibility index (Phi) is 4.86. The lowest BCUT2D eigenvalue weighted by Gasteiger charge is -2.36. The fourth-order valence-corrected chi connectivity index (χ4v) is 2.17. The summed E-state index contributed by atoms with van der Waals surface area (Å²) in [6.07, 6.45) is 0. The second-order valence-corrected chi connectivity index (χ2v) is 10.7. The van der Waals surface area contributed by atoms with Crippen molar-refractivity contribution >= 4 is 14.1 Å². The Hall–Kier alpha value is -1.21. The van der Waals surface area contributed by atoms with Gasteiger partial charge in [-0.1, -0.05) is 20.8 Å². The molecule has 0 N–H and O–H groups in total. The molecule has 1 aromatic heterocycles. The van der Waals surface area contributed by atoms with Crippen LogP contribution >= 0.6 is 0 Å². The summed E-state index contributed by atoms with van der Waals surface area (Å²) in [7, 11) is -1.77. The van der Waals surface area contributed by atoms with E-state index >= 15 is 0 Å². The Morgan fingerprint density at radius 1 is 1.26 bits per heavy atom. The highest BCUT2D eigenvalue weighted by Crippen LogP contribution is 2.36. The predicted octanol–water partition coefficient (Wildman–Crippen LogP) is 2.67. The number of carbonyl (C=O) groups is 1. The molecule has 0 atom stereocenters. The van der Waals surface area contributed by atoms with Crippen LogP contribution in [0.15, 0.2) is 4.63 Å². The smallest absolute Gasteiger partial charge is 0.287 e. The van der Waals surface area contributed by atoms with Gasteiger partial charge in [-0.2, -0.15) is 0 Å². The number of hydrogen-bond donors (Lipinski definition) is 0. The molecule has 1 aromatic rings. The summed E-state index contributed by atoms with van der Waals surface area (Å²) in [5.74, 6) is -0.104. The highest BCUT2D eigenvalue weighted by molar-refractivity contribution is 6.74. The van der Waals surface area contributed by atoms with E-state index < -0.39 is 8.32 Å². The molecule has 0 saturated carbocycles. The maximum absolute atomic E-state index is 11.2. The number of rotatable bonds is 6. The van der Waals surface area contributed by atoms with E-state index in [1.165, 1.54) is 6.92 Å². The fourth-order valence-electron chi connectivity index (χ4n) is 1.14. The standard InChI is InChI=1S/C12H22N2O4Si/c1-9(15)10-11(14-18-13-10)16-7-8-17-19(5,6)12(2,3)4/h7-8H2,1-6H3. The quantitative estimate of drug-likeness (QED) is 0.454. The summed E-state index contributed by atoms with van der Waals surface area (Å²) < 4.78 is 15.8. The number of ether oxygens (including phenoxy) is 1. The molecule has 0 aromatic carbocycles. The van der Waals surface area contributed by atoms with Crippen LogP contribution in [0.3, 0.4) is 0 Å². The summed E-state index contributed by atoms with van der Waals surface area (Å²) in [4.78, 5) is 11.2. The molecule has 0 bridgehead atoms. The molecule has 1 rings (SSSR count). The molecule has 0 spiro atoms. The number of Topliss-reactive ketones (excluding diaryl/α,β-unsaturated/α-hetero) is 1. The van der Waals surface area contributed by atoms with E-state index in [2.05, 4.69) is 48.8 Å². The Balaban J connectivity index is 2.44. The van der Waals surface area contributed by atoms with E-state index in [1.807, 2.05) is 0 Å². The molecule has 0 aliphatic carbocycles. The van der Waals surface area contributed by atoms with Gasteiger partial charge in [0.25, 0.3) is 5.88 Å². The third kappa shape index (κ3) is 4.14. The molecular weight excluding hydrogens is 264 g/mol. The highest BCUT2D eigenvalue weighted by atomic mass is 28.4. The normalized spacial score (nSPS) is 12.5. The summed E-state index contributed by atoms with van der Waals surface area (Å²) >= 11 is 0. The van der Waals surface area contributed by atoms with E-state index in [-0.39, 0.29) is 22.4 Å². The van der Waals surface area contributed by atoms with Crippen LogP contribution < -0.4 is 4.74 Å². The van der Waals surface area contributed by atoms with Crippen LogP contribution in [-0.4, -0.2) is 37.6 Å². The average Bonchev–Trinajstić information content (AvgIpc) is 2.71. The molecule has 7 heteroatoms. The molecule has 1 heterocycles. The number of ketones is 1. The van der Waals surface area contributed by atoms with Gasteiger partial charge in [-0.15, -0.1) is 0 Å². The number of aromatic nitrogens is 2. The number of hydrogen-bond acceptors (Lipinski definition) is 6. The van der Waals surface area contributed by atoms with Crippen molar-refractivity contribution in [3.8, 4) is 5.88 Å². The Morgan fingerprint density at radius 2 is 1.89 bits per heavy atom. The SMILES string of the molecule is CC(=O)c1nonc1OCCO[Si](C)(C)C(C)(C)C. The molecule has 0 amide bonds. The highest BCUT2D eigenvalue weighted by Gasteiger charge is 2.36. The molecule has 6 nitrogen and oxygen atoms in total. The number of carbonyl (C=O) groups excluding carboxylic acids is 1. The van der Waals surface area contributed by atoms with Gasteiger partial charge in [-0.3, -0.25) is 4.79 Å². The summed E-state index contributed by atoms with van der Waals surface area (Å²) in [5, 5.41) is 7.20. The van der Waals surface area contributed by atoms with Crippen molar-refractivity contribution in [3.63, 3.8) is 0 Å². The fraction of sp³-hybridized carbons (Fsp3) is 0.750. The largest absolute Gasteiger partial charge is 0.471 e. The zero-order valence-electron chi connectivity index (χ0n) is 12.4. The first-order valence-corrected chi connectivity index (χ1v) is 9.16. The van der Waals surface area contributed by atoms with Crippen molar-refractivity contribution in [3.05, 3.63) is 5.69 Å². The van der Waals surface area contributed by atoms with Gasteiger partial charge < -0.3 is 9.16 Å². The van der Waals surface area contributed by atoms with Crippen LogP contribution in [0.2, 0.25) is 18.1 Å². The molecule has 0 aliphatic heterocycles. The third-order valence-corrected chi connectivity index (χ3v) is 7.92. The first-order valence-electron chi connectivity index (χ1n) is 6.25. The van der Waals surface area contributed by atoms with E-state index in [4.69, 9.17) is 9.16 Å². The Morgan fingerprint density at radius 3 is 2.42 bits per heavy atom. The number of nitrogens with zero attached hydrogens (tertiary/aromatic N) is 2. The second kappa shape index (κ2) is 5.83. The first kappa shape index (κ1) is 15.8. The predicted molar refractivity (Wildman–Crippen MR) is 72.9 cm³/mol. The lowest BCUT2D eigenvalue weighted by molar-refractivity contribution is 0.1000. The van der Waals surface area contributed by atoms with Gasteiger partial charge >= 0.3 is 0 Å². The summed E-state index contributed by atoms with van der Waals surface area (Å²) in [6.45, 7) is 13.0. The topological polar surface area (TPSA) is 74.5 Å². The van der Waals surface area contributed by atoms with Gasteiger partial charge in [0.1, 0.15) is 6.61 Å². The average molecular weight is 286 g/mol. The van der Waals surface area contributed by atoms with Crippen LogP contribution in [-0.2, 0) is 4.43 Å². The maximum atomic E-state index is 11.2. The molecule has 108 valence electrons. The molecule has 0 radical (unpaired) electrons. The van der Waals surface area contributed by atoms with Gasteiger partial charge in [0.2, 0.25) is 5.69 Å². The van der Waals surface area contributed by atoms with Gasteiger partial charge in [-0.25, -0.2) is 4.63 Å². The first-order chi connectivity index (χ1) is 8.65. The van der Waals surface area contributed by atoms with E-state index in [0.29, 0.717) is 13.2 Å². The third-order valence-electron chi connectivity index (χ3n) is 3.38. The van der Waals surface area contributed by atoms with Gasteiger partial charge in [-0.05, 0) is 28.4 Å². The van der Waals surface area contributed by atoms with Crippen molar-refractivity contribution in [1.29, 1.82) is 0 Å². The molecule has 0 saturated heterocycles. The van der Waals surface area contributed by atoms with Crippen molar-refractivity contribution in [2.24, 2.45) is 0 Å². The zero-order chi connectivity index (χ0) is 14.7. The van der Waals surface area contributed by atoms with Crippen LogP contribution in [0.5, 0.6) is 5.88 Å². The van der Waals surface area contributed by atoms with Gasteiger partial charge in [0, 0.05) is 6.92 Å². The van der Waals surface area contributed by atoms with Crippen molar-refractivity contribution in [2.45, 2.75) is 45.8 Å². The molecule has 0 fully saturated rings. The van der Waals surface area contributed by atoms with Gasteiger partial charge in [0.15, 0.2) is 14.1 Å². The minimum Gasteiger partial charge on any atom is -0.471 e. The molecule has 19 heavy (non-hydrogen) atoms. The van der Waals surface area contributed by atoms with Crippen LogP contribution in [0.4, 0.5) is 0 Å². The summed E-state index contributed by atoms with van der Waals surface area (Å²) in [5.41, 5.74) is 0.118. The minimum atomic E-state index is -1.77. The van der Waals surface area contributed by atoms with Crippen molar-refractivity contribution < 1.29 is 18.6 Å². The summed E-state index contributed by atoms with van der Waals surface area (Å²) in [6, 6.07) is 0. The second-order valence-electron chi connectivity index (χ2n) is 5.93. The minimum absolute atomic E-state index is 0.118. The van der Waals surface area contributed by atoms with Crippen LogP contribution in [0, 0.1) is 0 Å². The lowest BCUT2D eigenvalue weighted by atomic mass is 10.2. The van der Waals surface area contributed by atoms with E-state index in [9.17, 15) is 4.79 Å². The molecule has 0 aliphatic rings. The van der Waals surface area contributed by atoms with E-state index in [0.717, 1.165) is 0 Å². The van der Waals surface area contributed by atoms with Gasteiger partial charge in [0.05, 0.1) is 6.61 Å². The zero-order valence-corrected chi connectivity index (χ0v) is 13.4. The van der Waals surface area contributed by atoms with Crippen molar-refractivity contribution in [1.82, 2.24) is 10.3 Å². The molecule has 0 unspecified atom stereocenters. The van der Waals surface area contributed by atoms with Crippen LogP contribution in [0.25, 0.3) is 0 Å².